The van der Waals surface area contributed by atoms with E-state index in [4.69, 9.17) is 9.84 Å². The molecule has 7 heteroatoms. The third-order valence-electron chi connectivity index (χ3n) is 5.97. The van der Waals surface area contributed by atoms with Crippen LogP contribution in [0.15, 0.2) is 48.5 Å². The first kappa shape index (κ1) is 24.3. The maximum atomic E-state index is 13.1. The summed E-state index contributed by atoms with van der Waals surface area (Å²) in [5, 5.41) is 11.7. The molecule has 3 rings (SSSR count). The van der Waals surface area contributed by atoms with Crippen molar-refractivity contribution < 1.29 is 24.2 Å². The Morgan fingerprint density at radius 1 is 1.03 bits per heavy atom. The fraction of sp³-hybridized carbons (Fsp3) is 0.423. The first-order chi connectivity index (χ1) is 15.6. The van der Waals surface area contributed by atoms with Gasteiger partial charge in [0.05, 0.1) is 0 Å². The number of carboxylic acids is 1. The van der Waals surface area contributed by atoms with Crippen molar-refractivity contribution in [2.45, 2.75) is 58.0 Å². The van der Waals surface area contributed by atoms with Gasteiger partial charge in [-0.2, -0.15) is 0 Å². The number of ether oxygens (including phenoxy) is 1. The fourth-order valence-corrected chi connectivity index (χ4v) is 4.46. The number of alkyl carbamates (subject to hydrolysis) is 1. The first-order valence-corrected chi connectivity index (χ1v) is 11.3. The van der Waals surface area contributed by atoms with Crippen LogP contribution in [0.1, 0.15) is 57.6 Å². The average Bonchev–Trinajstić information content (AvgIpc) is 3.08. The van der Waals surface area contributed by atoms with Gasteiger partial charge in [-0.1, -0.05) is 48.5 Å². The van der Waals surface area contributed by atoms with Gasteiger partial charge in [-0.05, 0) is 56.4 Å². The number of likely N-dealkylation sites (N-methyl/N-ethyl adjacent to an activating group) is 1. The highest BCUT2D eigenvalue weighted by molar-refractivity contribution is 5.87. The summed E-state index contributed by atoms with van der Waals surface area (Å²) in [7, 11) is 0. The number of amides is 2. The maximum absolute atomic E-state index is 13.1. The van der Waals surface area contributed by atoms with Gasteiger partial charge in [-0.3, -0.25) is 9.59 Å². The van der Waals surface area contributed by atoms with E-state index in [0.29, 0.717) is 6.54 Å². The standard InChI is InChI=1S/C26H32N2O5/c1-5-28(26(2,3)4)24(31)22(14-15-23(29)30)27-25(32)33-16-21-19-12-8-6-10-17(19)18-11-7-9-13-20(18)21/h6-13,21-22H,5,14-16H2,1-4H3,(H,27,32)(H,29,30). The lowest BCUT2D eigenvalue weighted by Gasteiger charge is -2.37. The monoisotopic (exact) mass is 452 g/mol. The molecule has 7 nitrogen and oxygen atoms in total. The second kappa shape index (κ2) is 10.1. The van der Waals surface area contributed by atoms with Crippen LogP contribution in [0.4, 0.5) is 4.79 Å². The molecular formula is C26H32N2O5. The summed E-state index contributed by atoms with van der Waals surface area (Å²) >= 11 is 0. The number of benzene rings is 2. The van der Waals surface area contributed by atoms with Crippen molar-refractivity contribution in [2.24, 2.45) is 0 Å². The van der Waals surface area contributed by atoms with E-state index in [2.05, 4.69) is 17.4 Å². The number of hydrogen-bond acceptors (Lipinski definition) is 4. The van der Waals surface area contributed by atoms with Gasteiger partial charge in [0.1, 0.15) is 12.6 Å². The van der Waals surface area contributed by atoms with E-state index in [0.717, 1.165) is 22.3 Å². The van der Waals surface area contributed by atoms with Crippen molar-refractivity contribution in [2.75, 3.05) is 13.2 Å². The SMILES string of the molecule is CCN(C(=O)C(CCC(=O)O)NC(=O)OCC1c2ccccc2-c2ccccc21)C(C)(C)C. The number of carbonyl (C=O) groups is 3. The van der Waals surface area contributed by atoms with Gasteiger partial charge < -0.3 is 20.1 Å². The lowest BCUT2D eigenvalue weighted by molar-refractivity contribution is -0.139. The van der Waals surface area contributed by atoms with Crippen molar-refractivity contribution in [3.05, 3.63) is 59.7 Å². The topological polar surface area (TPSA) is 95.9 Å². The summed E-state index contributed by atoms with van der Waals surface area (Å²) in [4.78, 5) is 38.6. The van der Waals surface area contributed by atoms with E-state index in [1.807, 2.05) is 64.1 Å². The van der Waals surface area contributed by atoms with Gasteiger partial charge in [0.25, 0.3) is 0 Å². The van der Waals surface area contributed by atoms with E-state index in [1.165, 1.54) is 0 Å². The molecule has 2 N–H and O–H groups in total. The number of fused-ring (bicyclic) bond motifs is 3. The summed E-state index contributed by atoms with van der Waals surface area (Å²) in [5.74, 6) is -1.45. The minimum atomic E-state index is -1.03. The van der Waals surface area contributed by atoms with E-state index in [1.54, 1.807) is 4.90 Å². The molecule has 1 aliphatic rings. The van der Waals surface area contributed by atoms with Crippen LogP contribution in [0.25, 0.3) is 11.1 Å². The smallest absolute Gasteiger partial charge is 0.407 e. The second-order valence-corrected chi connectivity index (χ2v) is 9.21. The molecule has 2 amide bonds. The van der Waals surface area contributed by atoms with Crippen LogP contribution in [-0.4, -0.2) is 52.7 Å². The first-order valence-electron chi connectivity index (χ1n) is 11.3. The molecule has 1 unspecified atom stereocenters. The number of nitrogens with zero attached hydrogens (tertiary/aromatic N) is 1. The molecule has 0 aromatic heterocycles. The molecule has 0 fully saturated rings. The van der Waals surface area contributed by atoms with Gasteiger partial charge in [-0.15, -0.1) is 0 Å². The van der Waals surface area contributed by atoms with Gasteiger partial charge in [0.2, 0.25) is 5.91 Å². The van der Waals surface area contributed by atoms with Crippen LogP contribution >= 0.6 is 0 Å². The molecule has 0 saturated carbocycles. The molecule has 0 radical (unpaired) electrons. The third kappa shape index (κ3) is 5.53. The zero-order chi connectivity index (χ0) is 24.2. The van der Waals surface area contributed by atoms with Crippen LogP contribution in [0.5, 0.6) is 0 Å². The summed E-state index contributed by atoms with van der Waals surface area (Å²) in [6.45, 7) is 8.11. The normalized spacial score (nSPS) is 13.6. The summed E-state index contributed by atoms with van der Waals surface area (Å²) in [6.07, 6.45) is -0.974. The van der Waals surface area contributed by atoms with Crippen LogP contribution in [0, 0.1) is 0 Å². The predicted octanol–water partition coefficient (Wildman–Crippen LogP) is 4.41. The molecule has 2 aromatic rings. The van der Waals surface area contributed by atoms with Crippen LogP contribution < -0.4 is 5.32 Å². The Morgan fingerprint density at radius 2 is 1.58 bits per heavy atom. The van der Waals surface area contributed by atoms with Crippen molar-refractivity contribution in [3.8, 4) is 11.1 Å². The summed E-state index contributed by atoms with van der Waals surface area (Å²) < 4.78 is 5.56. The lowest BCUT2D eigenvalue weighted by Crippen LogP contribution is -2.54. The maximum Gasteiger partial charge on any atom is 0.407 e. The molecule has 0 saturated heterocycles. The van der Waals surface area contributed by atoms with Crippen LogP contribution in [-0.2, 0) is 14.3 Å². The summed E-state index contributed by atoms with van der Waals surface area (Å²) in [6, 6.07) is 15.1. The highest BCUT2D eigenvalue weighted by Gasteiger charge is 2.33. The Kier molecular flexibility index (Phi) is 7.41. The lowest BCUT2D eigenvalue weighted by atomic mass is 9.98. The number of nitrogens with one attached hydrogen (secondary N) is 1. The number of carboxylic acid groups (broad SMARTS) is 1. The molecule has 0 bridgehead atoms. The number of carbonyl (C=O) groups excluding carboxylic acids is 2. The Bertz CT molecular complexity index is 982. The van der Waals surface area contributed by atoms with E-state index in [9.17, 15) is 14.4 Å². The highest BCUT2D eigenvalue weighted by Crippen LogP contribution is 2.44. The van der Waals surface area contributed by atoms with Gasteiger partial charge in [0, 0.05) is 24.4 Å². The largest absolute Gasteiger partial charge is 0.481 e. The van der Waals surface area contributed by atoms with Crippen LogP contribution in [0.3, 0.4) is 0 Å². The average molecular weight is 453 g/mol. The van der Waals surface area contributed by atoms with Crippen molar-refractivity contribution in [1.82, 2.24) is 10.2 Å². The molecule has 2 aromatic carbocycles. The molecule has 1 atom stereocenters. The molecule has 0 spiro atoms. The Morgan fingerprint density at radius 3 is 2.06 bits per heavy atom. The molecule has 33 heavy (non-hydrogen) atoms. The zero-order valence-electron chi connectivity index (χ0n) is 19.6. The minimum absolute atomic E-state index is 0.00899. The highest BCUT2D eigenvalue weighted by atomic mass is 16.5. The molecule has 1 aliphatic carbocycles. The Labute approximate surface area is 194 Å². The van der Waals surface area contributed by atoms with Crippen molar-refractivity contribution in [3.63, 3.8) is 0 Å². The number of hydrogen-bond donors (Lipinski definition) is 2. The van der Waals surface area contributed by atoms with Gasteiger partial charge in [0.15, 0.2) is 0 Å². The second-order valence-electron chi connectivity index (χ2n) is 9.21. The fourth-order valence-electron chi connectivity index (χ4n) is 4.46. The number of rotatable bonds is 8. The van der Waals surface area contributed by atoms with Gasteiger partial charge in [-0.25, -0.2) is 4.79 Å². The van der Waals surface area contributed by atoms with Gasteiger partial charge >= 0.3 is 12.1 Å². The molecule has 176 valence electrons. The molecular weight excluding hydrogens is 420 g/mol. The zero-order valence-corrected chi connectivity index (χ0v) is 19.6. The van der Waals surface area contributed by atoms with E-state index in [-0.39, 0.29) is 31.3 Å². The Hall–Kier alpha value is -3.35. The minimum Gasteiger partial charge on any atom is -0.481 e. The van der Waals surface area contributed by atoms with Crippen molar-refractivity contribution >= 4 is 18.0 Å². The number of aliphatic carboxylic acids is 1. The summed E-state index contributed by atoms with van der Waals surface area (Å²) in [5.41, 5.74) is 3.97. The molecule has 0 heterocycles. The Balaban J connectivity index is 1.72. The quantitative estimate of drug-likeness (QED) is 0.619. The molecule has 0 aliphatic heterocycles. The van der Waals surface area contributed by atoms with E-state index >= 15 is 0 Å². The van der Waals surface area contributed by atoms with Crippen LogP contribution in [0.2, 0.25) is 0 Å². The van der Waals surface area contributed by atoms with E-state index < -0.39 is 23.6 Å². The predicted molar refractivity (Wildman–Crippen MR) is 126 cm³/mol. The third-order valence-corrected chi connectivity index (χ3v) is 5.97. The van der Waals surface area contributed by atoms with Crippen molar-refractivity contribution in [1.29, 1.82) is 0 Å².